The third kappa shape index (κ3) is 3.56. The van der Waals surface area contributed by atoms with Gasteiger partial charge in [0.25, 0.3) is 0 Å². The molecule has 1 aliphatic carbocycles. The number of fused-ring (bicyclic) bond motifs is 1. The van der Waals surface area contributed by atoms with Crippen LogP contribution in [0.1, 0.15) is 24.8 Å². The number of benzene rings is 1. The Kier molecular flexibility index (Phi) is 4.15. The summed E-state index contributed by atoms with van der Waals surface area (Å²) in [5, 5.41) is 1.19. The molecule has 2 aromatic rings. The third-order valence-electron chi connectivity index (χ3n) is 4.05. The Labute approximate surface area is 129 Å². The molecule has 1 aromatic carbocycles. The quantitative estimate of drug-likeness (QED) is 0.761. The fourth-order valence-corrected chi connectivity index (χ4v) is 3.87. The molecule has 0 atom stereocenters. The highest BCUT2D eigenvalue weighted by molar-refractivity contribution is 7.98. The molecule has 0 bridgehead atoms. The second-order valence-corrected chi connectivity index (χ2v) is 6.76. The molecule has 110 valence electrons. The predicted molar refractivity (Wildman–Crippen MR) is 86.2 cm³/mol. The van der Waals surface area contributed by atoms with Crippen LogP contribution >= 0.6 is 11.8 Å². The average molecular weight is 301 g/mol. The largest absolute Gasteiger partial charge is 0.469 e. The minimum Gasteiger partial charge on any atom is -0.469 e. The maximum atomic E-state index is 11.4. The van der Waals surface area contributed by atoms with Gasteiger partial charge in [0.05, 0.1) is 19.0 Å². The summed E-state index contributed by atoms with van der Waals surface area (Å²) in [4.78, 5) is 15.7. The number of carbonyl (C=O) groups excluding carboxylic acids is 1. The number of thioether (sulfide) groups is 1. The molecular formula is C17H19NO2S. The van der Waals surface area contributed by atoms with Gasteiger partial charge in [-0.05, 0) is 47.8 Å². The highest BCUT2D eigenvalue weighted by atomic mass is 32.2. The first-order valence-electron chi connectivity index (χ1n) is 7.19. The van der Waals surface area contributed by atoms with E-state index in [4.69, 9.17) is 4.74 Å². The summed E-state index contributed by atoms with van der Waals surface area (Å²) in [7, 11) is 1.47. The number of hydrogen-bond donors (Lipinski definition) is 0. The van der Waals surface area contributed by atoms with Crippen molar-refractivity contribution in [2.45, 2.75) is 25.0 Å². The van der Waals surface area contributed by atoms with Gasteiger partial charge in [-0.15, -0.1) is 0 Å². The molecule has 0 spiro atoms. The van der Waals surface area contributed by atoms with Crippen LogP contribution in [0.25, 0.3) is 10.9 Å². The van der Waals surface area contributed by atoms with Gasteiger partial charge in [-0.25, -0.2) is 0 Å². The SMILES string of the molecule is COC(=O)CC1(CSCc2ccc3ncccc3c2)CC1. The molecule has 1 aliphatic rings. The molecule has 4 heteroatoms. The average Bonchev–Trinajstić information content (AvgIpc) is 3.26. The number of nitrogens with zero attached hydrogens (tertiary/aromatic N) is 1. The lowest BCUT2D eigenvalue weighted by Crippen LogP contribution is -2.13. The zero-order valence-electron chi connectivity index (χ0n) is 12.2. The number of aromatic nitrogens is 1. The van der Waals surface area contributed by atoms with Crippen molar-refractivity contribution in [1.29, 1.82) is 0 Å². The van der Waals surface area contributed by atoms with Crippen LogP contribution in [0, 0.1) is 5.41 Å². The minimum absolute atomic E-state index is 0.0788. The normalized spacial score (nSPS) is 15.9. The number of esters is 1. The molecule has 0 radical (unpaired) electrons. The van der Waals surface area contributed by atoms with Crippen molar-refractivity contribution < 1.29 is 9.53 Å². The van der Waals surface area contributed by atoms with E-state index in [2.05, 4.69) is 29.2 Å². The van der Waals surface area contributed by atoms with Crippen molar-refractivity contribution in [3.8, 4) is 0 Å². The predicted octanol–water partition coefficient (Wildman–Crippen LogP) is 3.81. The summed E-state index contributed by atoms with van der Waals surface area (Å²) in [5.41, 5.74) is 2.56. The van der Waals surface area contributed by atoms with Crippen LogP contribution in [0.5, 0.6) is 0 Å². The first-order valence-corrected chi connectivity index (χ1v) is 8.35. The van der Waals surface area contributed by atoms with Crippen molar-refractivity contribution in [2.24, 2.45) is 5.41 Å². The summed E-state index contributed by atoms with van der Waals surface area (Å²) in [5.74, 6) is 1.94. The number of rotatable bonds is 6. The maximum absolute atomic E-state index is 11.4. The van der Waals surface area contributed by atoms with E-state index in [1.165, 1.54) is 18.1 Å². The van der Waals surface area contributed by atoms with Crippen molar-refractivity contribution in [3.05, 3.63) is 42.1 Å². The van der Waals surface area contributed by atoms with Gasteiger partial charge in [0, 0.05) is 17.3 Å². The zero-order valence-corrected chi connectivity index (χ0v) is 13.0. The highest BCUT2D eigenvalue weighted by Crippen LogP contribution is 2.51. The second-order valence-electron chi connectivity index (χ2n) is 5.78. The third-order valence-corrected chi connectivity index (χ3v) is 5.40. The zero-order chi connectivity index (χ0) is 14.7. The molecule has 1 saturated carbocycles. The van der Waals surface area contributed by atoms with Crippen LogP contribution in [0.2, 0.25) is 0 Å². The van der Waals surface area contributed by atoms with E-state index in [-0.39, 0.29) is 11.4 Å². The summed E-state index contributed by atoms with van der Waals surface area (Å²) < 4.78 is 4.78. The van der Waals surface area contributed by atoms with Gasteiger partial charge < -0.3 is 4.74 Å². The van der Waals surface area contributed by atoms with Crippen LogP contribution in [0.3, 0.4) is 0 Å². The van der Waals surface area contributed by atoms with Crippen LogP contribution < -0.4 is 0 Å². The first kappa shape index (κ1) is 14.4. The van der Waals surface area contributed by atoms with Gasteiger partial charge in [-0.3, -0.25) is 9.78 Å². The Morgan fingerprint density at radius 1 is 1.38 bits per heavy atom. The minimum atomic E-state index is -0.0788. The van der Waals surface area contributed by atoms with E-state index in [9.17, 15) is 4.79 Å². The molecule has 0 amide bonds. The Bertz CT molecular complexity index is 652. The molecule has 3 rings (SSSR count). The smallest absolute Gasteiger partial charge is 0.306 e. The molecular weight excluding hydrogens is 282 g/mol. The molecule has 0 N–H and O–H groups in total. The van der Waals surface area contributed by atoms with E-state index in [1.54, 1.807) is 0 Å². The molecule has 3 nitrogen and oxygen atoms in total. The second kappa shape index (κ2) is 6.06. The van der Waals surface area contributed by atoms with Gasteiger partial charge in [-0.2, -0.15) is 11.8 Å². The van der Waals surface area contributed by atoms with Crippen LogP contribution in [0.4, 0.5) is 0 Å². The van der Waals surface area contributed by atoms with E-state index in [0.717, 1.165) is 29.9 Å². The van der Waals surface area contributed by atoms with E-state index < -0.39 is 0 Å². The highest BCUT2D eigenvalue weighted by Gasteiger charge is 2.44. The number of pyridine rings is 1. The summed E-state index contributed by atoms with van der Waals surface area (Å²) in [6, 6.07) is 10.5. The lowest BCUT2D eigenvalue weighted by atomic mass is 10.1. The summed E-state index contributed by atoms with van der Waals surface area (Å²) >= 11 is 1.91. The number of ether oxygens (including phenoxy) is 1. The van der Waals surface area contributed by atoms with E-state index in [0.29, 0.717) is 6.42 Å². The maximum Gasteiger partial charge on any atom is 0.306 e. The van der Waals surface area contributed by atoms with Crippen molar-refractivity contribution in [1.82, 2.24) is 4.98 Å². The van der Waals surface area contributed by atoms with Crippen LogP contribution in [0.15, 0.2) is 36.5 Å². The number of hydrogen-bond acceptors (Lipinski definition) is 4. The number of carbonyl (C=O) groups is 1. The van der Waals surface area contributed by atoms with E-state index >= 15 is 0 Å². The van der Waals surface area contributed by atoms with Crippen LogP contribution in [-0.2, 0) is 15.3 Å². The van der Waals surface area contributed by atoms with Crippen molar-refractivity contribution in [3.63, 3.8) is 0 Å². The fraction of sp³-hybridized carbons (Fsp3) is 0.412. The Morgan fingerprint density at radius 2 is 2.24 bits per heavy atom. The molecule has 0 saturated heterocycles. The summed E-state index contributed by atoms with van der Waals surface area (Å²) in [6.07, 6.45) is 4.69. The molecule has 21 heavy (non-hydrogen) atoms. The van der Waals surface area contributed by atoms with E-state index in [1.807, 2.05) is 24.0 Å². The van der Waals surface area contributed by atoms with Gasteiger partial charge >= 0.3 is 5.97 Å². The molecule has 1 aromatic heterocycles. The van der Waals surface area contributed by atoms with Gasteiger partial charge in [0.15, 0.2) is 0 Å². The topological polar surface area (TPSA) is 39.2 Å². The van der Waals surface area contributed by atoms with Gasteiger partial charge in [-0.1, -0.05) is 12.1 Å². The number of methoxy groups -OCH3 is 1. The summed E-state index contributed by atoms with van der Waals surface area (Å²) in [6.45, 7) is 0. The van der Waals surface area contributed by atoms with Gasteiger partial charge in [0.1, 0.15) is 0 Å². The monoisotopic (exact) mass is 301 g/mol. The fourth-order valence-electron chi connectivity index (χ4n) is 2.53. The lowest BCUT2D eigenvalue weighted by Gasteiger charge is -2.13. The standard InChI is InChI=1S/C17H19NO2S/c1-20-16(19)10-17(6-7-17)12-21-11-13-4-5-15-14(9-13)3-2-8-18-15/h2-5,8-9H,6-7,10-12H2,1H3. The molecule has 1 heterocycles. The van der Waals surface area contributed by atoms with Crippen molar-refractivity contribution in [2.75, 3.05) is 12.9 Å². The lowest BCUT2D eigenvalue weighted by molar-refractivity contribution is -0.141. The Morgan fingerprint density at radius 3 is 3.00 bits per heavy atom. The van der Waals surface area contributed by atoms with Crippen LogP contribution in [-0.4, -0.2) is 23.8 Å². The molecule has 0 aliphatic heterocycles. The molecule has 0 unspecified atom stereocenters. The van der Waals surface area contributed by atoms with Crippen molar-refractivity contribution >= 4 is 28.6 Å². The first-order chi connectivity index (χ1) is 10.2. The molecule has 1 fully saturated rings. The Balaban J connectivity index is 1.56. The Hall–Kier alpha value is -1.55. The van der Waals surface area contributed by atoms with Gasteiger partial charge in [0.2, 0.25) is 0 Å².